The number of aromatic nitrogens is 1. The Morgan fingerprint density at radius 3 is 2.81 bits per heavy atom. The number of nitrogens with zero attached hydrogens (tertiary/aromatic N) is 1. The van der Waals surface area contributed by atoms with Crippen LogP contribution in [0, 0.1) is 5.92 Å². The number of benzene rings is 1. The van der Waals surface area contributed by atoms with Crippen molar-refractivity contribution in [3.63, 3.8) is 0 Å². The Balaban J connectivity index is 1.88. The van der Waals surface area contributed by atoms with Crippen LogP contribution in [-0.4, -0.2) is 17.4 Å². The van der Waals surface area contributed by atoms with Crippen LogP contribution >= 0.6 is 0 Å². The molecule has 0 saturated heterocycles. The average Bonchev–Trinajstić information content (AvgIpc) is 3.33. The van der Waals surface area contributed by atoms with Gasteiger partial charge in [0.25, 0.3) is 0 Å². The number of rotatable bonds is 4. The zero-order chi connectivity index (χ0) is 14.8. The van der Waals surface area contributed by atoms with Crippen molar-refractivity contribution in [2.45, 2.75) is 12.8 Å². The first kappa shape index (κ1) is 13.6. The van der Waals surface area contributed by atoms with Gasteiger partial charge < -0.3 is 16.8 Å². The summed E-state index contributed by atoms with van der Waals surface area (Å²) in [5, 5.41) is 4.87. The highest BCUT2D eigenvalue weighted by atomic mass is 16.2. The predicted octanol–water partition coefficient (Wildman–Crippen LogP) is 1.84. The van der Waals surface area contributed by atoms with Crippen LogP contribution in [0.5, 0.6) is 0 Å². The van der Waals surface area contributed by atoms with E-state index in [4.69, 9.17) is 11.5 Å². The van der Waals surface area contributed by atoms with Crippen LogP contribution < -0.4 is 16.8 Å². The summed E-state index contributed by atoms with van der Waals surface area (Å²) in [6, 6.07) is 7.84. The molecule has 0 aliphatic heterocycles. The molecule has 1 aliphatic rings. The van der Waals surface area contributed by atoms with Crippen LogP contribution in [0.15, 0.2) is 36.7 Å². The molecule has 0 unspecified atom stereocenters. The van der Waals surface area contributed by atoms with Crippen molar-refractivity contribution in [2.75, 3.05) is 11.9 Å². The molecular formula is C16H18N4O. The lowest BCUT2D eigenvalue weighted by atomic mass is 10.0. The van der Waals surface area contributed by atoms with E-state index >= 15 is 0 Å². The largest absolute Gasteiger partial charge is 0.404 e. The minimum Gasteiger partial charge on any atom is -0.404 e. The third-order valence-electron chi connectivity index (χ3n) is 3.71. The van der Waals surface area contributed by atoms with E-state index in [2.05, 4.69) is 10.3 Å². The minimum absolute atomic E-state index is 0.0648. The van der Waals surface area contributed by atoms with Crippen molar-refractivity contribution < 1.29 is 4.79 Å². The number of amides is 1. The van der Waals surface area contributed by atoms with Gasteiger partial charge in [0.1, 0.15) is 5.82 Å². The summed E-state index contributed by atoms with van der Waals surface area (Å²) >= 11 is 0. The quantitative estimate of drug-likeness (QED) is 0.797. The fraction of sp³-hybridized carbons (Fsp3) is 0.250. The van der Waals surface area contributed by atoms with Crippen LogP contribution in [0.2, 0.25) is 0 Å². The maximum atomic E-state index is 11.7. The Morgan fingerprint density at radius 1 is 1.33 bits per heavy atom. The van der Waals surface area contributed by atoms with Crippen LogP contribution in [-0.2, 0) is 4.79 Å². The number of carbonyl (C=O) groups excluding carboxylic acids is 1. The zero-order valence-corrected chi connectivity index (χ0v) is 11.7. The summed E-state index contributed by atoms with van der Waals surface area (Å²) in [5.74, 6) is 0.835. The van der Waals surface area contributed by atoms with E-state index in [1.165, 1.54) is 6.20 Å². The normalized spacial score (nSPS) is 15.2. The van der Waals surface area contributed by atoms with Gasteiger partial charge in [0.2, 0.25) is 5.91 Å². The van der Waals surface area contributed by atoms with E-state index in [9.17, 15) is 4.79 Å². The van der Waals surface area contributed by atoms with E-state index in [-0.39, 0.29) is 11.8 Å². The minimum atomic E-state index is 0.0648. The van der Waals surface area contributed by atoms with Gasteiger partial charge in [-0.2, -0.15) is 0 Å². The predicted molar refractivity (Wildman–Crippen MR) is 84.3 cm³/mol. The van der Waals surface area contributed by atoms with Gasteiger partial charge >= 0.3 is 0 Å². The molecule has 3 rings (SSSR count). The van der Waals surface area contributed by atoms with Crippen LogP contribution in [0.4, 0.5) is 5.82 Å². The van der Waals surface area contributed by atoms with Gasteiger partial charge in [-0.3, -0.25) is 4.79 Å². The summed E-state index contributed by atoms with van der Waals surface area (Å²) < 4.78 is 0. The van der Waals surface area contributed by atoms with Gasteiger partial charge in [-0.25, -0.2) is 4.98 Å². The van der Waals surface area contributed by atoms with Crippen LogP contribution in [0.25, 0.3) is 16.3 Å². The summed E-state index contributed by atoms with van der Waals surface area (Å²) in [7, 11) is 0. The van der Waals surface area contributed by atoms with Crippen molar-refractivity contribution in [3.8, 4) is 0 Å². The van der Waals surface area contributed by atoms with Gasteiger partial charge in [0.15, 0.2) is 0 Å². The van der Waals surface area contributed by atoms with Gasteiger partial charge in [0, 0.05) is 24.0 Å². The molecule has 0 spiro atoms. The zero-order valence-electron chi connectivity index (χ0n) is 11.7. The van der Waals surface area contributed by atoms with Crippen molar-refractivity contribution >= 4 is 28.1 Å². The Bertz CT molecular complexity index is 719. The number of hydrogen-bond donors (Lipinski definition) is 3. The second kappa shape index (κ2) is 5.54. The smallest absolute Gasteiger partial charge is 0.228 e. The number of fused-ring (bicyclic) bond motifs is 1. The number of carbonyl (C=O) groups is 1. The van der Waals surface area contributed by atoms with Crippen molar-refractivity contribution in [1.82, 2.24) is 4.98 Å². The third kappa shape index (κ3) is 2.87. The maximum absolute atomic E-state index is 11.7. The first-order chi connectivity index (χ1) is 10.2. The second-order valence-corrected chi connectivity index (χ2v) is 5.29. The highest BCUT2D eigenvalue weighted by Gasteiger charge is 2.29. The summed E-state index contributed by atoms with van der Waals surface area (Å²) in [6.45, 7) is 0.394. The first-order valence-corrected chi connectivity index (χ1v) is 7.03. The van der Waals surface area contributed by atoms with E-state index in [0.717, 1.165) is 34.8 Å². The Labute approximate surface area is 123 Å². The monoisotopic (exact) mass is 282 g/mol. The van der Waals surface area contributed by atoms with Crippen molar-refractivity contribution in [2.24, 2.45) is 17.4 Å². The number of hydrogen-bond acceptors (Lipinski definition) is 4. The Morgan fingerprint density at radius 2 is 2.14 bits per heavy atom. The molecule has 0 bridgehead atoms. The third-order valence-corrected chi connectivity index (χ3v) is 3.71. The molecule has 108 valence electrons. The number of pyridine rings is 1. The number of nitrogens with two attached hydrogens (primary N) is 2. The standard InChI is InChI=1S/C16H18N4O/c17-7-14(8-18)11-3-4-12-6-15(19-9-13(12)5-11)20-16(21)10-1-2-10/h3-7,9-10H,1-2,8,17-18H2,(H,19,20,21)/b14-7+. The van der Waals surface area contributed by atoms with Crippen LogP contribution in [0.1, 0.15) is 18.4 Å². The first-order valence-electron chi connectivity index (χ1n) is 7.03. The lowest BCUT2D eigenvalue weighted by molar-refractivity contribution is -0.117. The molecule has 1 amide bonds. The SMILES string of the molecule is N/C=C(\CN)c1ccc2cc(NC(=O)C3CC3)ncc2c1. The molecule has 1 aromatic carbocycles. The molecule has 1 fully saturated rings. The van der Waals surface area contributed by atoms with Crippen LogP contribution in [0.3, 0.4) is 0 Å². The average molecular weight is 282 g/mol. The Kier molecular flexibility index (Phi) is 3.58. The molecule has 1 saturated carbocycles. The molecule has 5 nitrogen and oxygen atoms in total. The van der Waals surface area contributed by atoms with E-state index in [1.807, 2.05) is 24.3 Å². The summed E-state index contributed by atoms with van der Waals surface area (Å²) in [5.41, 5.74) is 13.1. The van der Waals surface area contributed by atoms with Gasteiger partial charge in [-0.05, 0) is 47.7 Å². The van der Waals surface area contributed by atoms with Gasteiger partial charge in [-0.1, -0.05) is 12.1 Å². The lowest BCUT2D eigenvalue weighted by Gasteiger charge is -2.08. The molecule has 5 heteroatoms. The highest BCUT2D eigenvalue weighted by molar-refractivity contribution is 5.95. The second-order valence-electron chi connectivity index (χ2n) is 5.29. The topological polar surface area (TPSA) is 94.0 Å². The fourth-order valence-electron chi connectivity index (χ4n) is 2.27. The van der Waals surface area contributed by atoms with E-state index < -0.39 is 0 Å². The molecular weight excluding hydrogens is 264 g/mol. The van der Waals surface area contributed by atoms with Gasteiger partial charge in [0.05, 0.1) is 0 Å². The molecule has 5 N–H and O–H groups in total. The van der Waals surface area contributed by atoms with Gasteiger partial charge in [-0.15, -0.1) is 0 Å². The molecule has 21 heavy (non-hydrogen) atoms. The molecule has 0 atom stereocenters. The van der Waals surface area contributed by atoms with Crippen molar-refractivity contribution in [3.05, 3.63) is 42.2 Å². The molecule has 2 aromatic rings. The highest BCUT2D eigenvalue weighted by Crippen LogP contribution is 2.30. The lowest BCUT2D eigenvalue weighted by Crippen LogP contribution is -2.14. The Hall–Kier alpha value is -2.40. The molecule has 1 aliphatic carbocycles. The fourth-order valence-corrected chi connectivity index (χ4v) is 2.27. The maximum Gasteiger partial charge on any atom is 0.228 e. The molecule has 0 radical (unpaired) electrons. The summed E-state index contributed by atoms with van der Waals surface area (Å²) in [4.78, 5) is 16.0. The number of anilines is 1. The van der Waals surface area contributed by atoms with E-state index in [1.54, 1.807) is 6.20 Å². The van der Waals surface area contributed by atoms with E-state index in [0.29, 0.717) is 12.4 Å². The molecule has 1 aromatic heterocycles. The molecule has 1 heterocycles. The summed E-state index contributed by atoms with van der Waals surface area (Å²) in [6.07, 6.45) is 5.25. The van der Waals surface area contributed by atoms with Crippen molar-refractivity contribution in [1.29, 1.82) is 0 Å². The number of nitrogens with one attached hydrogen (secondary N) is 1.